The lowest BCUT2D eigenvalue weighted by Gasteiger charge is -2.15. The molecule has 86 valence electrons. The maximum Gasteiger partial charge on any atom is 0.255 e. The zero-order chi connectivity index (χ0) is 11.7. The molecular weight excluding hydrogens is 209 g/mol. The summed E-state index contributed by atoms with van der Waals surface area (Å²) in [6.45, 7) is 3.15. The van der Waals surface area contributed by atoms with E-state index in [9.17, 15) is 9.18 Å². The summed E-state index contributed by atoms with van der Waals surface area (Å²) < 4.78 is 12.9. The van der Waals surface area contributed by atoms with Crippen LogP contribution in [0.2, 0.25) is 0 Å². The highest BCUT2D eigenvalue weighted by atomic mass is 19.1. The van der Waals surface area contributed by atoms with Gasteiger partial charge in [0.1, 0.15) is 5.82 Å². The lowest BCUT2D eigenvalue weighted by atomic mass is 10.1. The first kappa shape index (κ1) is 11.0. The molecule has 0 spiro atoms. The number of carbonyl (C=O) groups is 1. The first-order valence-electron chi connectivity index (χ1n) is 5.23. The van der Waals surface area contributed by atoms with E-state index in [1.165, 1.54) is 12.3 Å². The van der Waals surface area contributed by atoms with Crippen LogP contribution in [0.15, 0.2) is 18.5 Å². The predicted octanol–water partition coefficient (Wildman–Crippen LogP) is 0.640. The molecule has 1 aliphatic heterocycles. The highest BCUT2D eigenvalue weighted by Crippen LogP contribution is 2.17. The van der Waals surface area contributed by atoms with Crippen LogP contribution in [0.3, 0.4) is 0 Å². The number of amides is 1. The van der Waals surface area contributed by atoms with Crippen molar-refractivity contribution in [3.05, 3.63) is 29.8 Å². The molecule has 0 aliphatic carbocycles. The molecule has 2 N–H and O–H groups in total. The van der Waals surface area contributed by atoms with E-state index in [1.807, 2.05) is 6.92 Å². The molecule has 0 radical (unpaired) electrons. The van der Waals surface area contributed by atoms with Crippen molar-refractivity contribution >= 4 is 5.91 Å². The maximum atomic E-state index is 12.9. The molecule has 2 heterocycles. The molecule has 0 bridgehead atoms. The van der Waals surface area contributed by atoms with Gasteiger partial charge in [0, 0.05) is 25.3 Å². The topological polar surface area (TPSA) is 59.2 Å². The molecule has 5 heteroatoms. The smallest absolute Gasteiger partial charge is 0.255 e. The summed E-state index contributed by atoms with van der Waals surface area (Å²) in [6, 6.07) is 1.20. The van der Waals surface area contributed by atoms with Crippen molar-refractivity contribution in [2.24, 2.45) is 11.7 Å². The zero-order valence-electron chi connectivity index (χ0n) is 9.06. The summed E-state index contributed by atoms with van der Waals surface area (Å²) in [4.78, 5) is 17.3. The molecule has 1 aromatic heterocycles. The van der Waals surface area contributed by atoms with E-state index in [4.69, 9.17) is 5.73 Å². The fraction of sp³-hybridized carbons (Fsp3) is 0.455. The Hall–Kier alpha value is -1.49. The lowest BCUT2D eigenvalue weighted by Crippen LogP contribution is -2.32. The molecule has 2 unspecified atom stereocenters. The van der Waals surface area contributed by atoms with Crippen LogP contribution >= 0.6 is 0 Å². The van der Waals surface area contributed by atoms with Crippen molar-refractivity contribution < 1.29 is 9.18 Å². The number of nitrogens with zero attached hydrogens (tertiary/aromatic N) is 2. The van der Waals surface area contributed by atoms with Crippen LogP contribution < -0.4 is 5.73 Å². The second-order valence-electron chi connectivity index (χ2n) is 4.24. The van der Waals surface area contributed by atoms with Crippen molar-refractivity contribution in [1.29, 1.82) is 0 Å². The second kappa shape index (κ2) is 4.17. The van der Waals surface area contributed by atoms with Gasteiger partial charge >= 0.3 is 0 Å². The number of likely N-dealkylation sites (tertiary alicyclic amines) is 1. The van der Waals surface area contributed by atoms with Gasteiger partial charge in [-0.3, -0.25) is 9.78 Å². The van der Waals surface area contributed by atoms with E-state index in [0.717, 1.165) is 6.20 Å². The quantitative estimate of drug-likeness (QED) is 0.760. The largest absolute Gasteiger partial charge is 0.337 e. The minimum absolute atomic E-state index is 0.00506. The second-order valence-corrected chi connectivity index (χ2v) is 4.24. The monoisotopic (exact) mass is 223 g/mol. The van der Waals surface area contributed by atoms with Gasteiger partial charge in [0.05, 0.1) is 11.8 Å². The maximum absolute atomic E-state index is 12.9. The number of hydrogen-bond donors (Lipinski definition) is 1. The summed E-state index contributed by atoms with van der Waals surface area (Å²) >= 11 is 0. The fourth-order valence-electron chi connectivity index (χ4n) is 1.87. The van der Waals surface area contributed by atoms with Gasteiger partial charge in [-0.25, -0.2) is 4.39 Å². The number of pyridine rings is 1. The molecule has 1 aromatic rings. The standard InChI is InChI=1S/C11H14FN3O/c1-7-5-15(6-10(7)13)11(16)8-2-9(12)4-14-3-8/h2-4,7,10H,5-6,13H2,1H3. The van der Waals surface area contributed by atoms with E-state index in [1.54, 1.807) is 4.90 Å². The van der Waals surface area contributed by atoms with Crippen molar-refractivity contribution in [2.45, 2.75) is 13.0 Å². The van der Waals surface area contributed by atoms with E-state index >= 15 is 0 Å². The third-order valence-electron chi connectivity index (χ3n) is 2.91. The summed E-state index contributed by atoms with van der Waals surface area (Å²) in [5.74, 6) is -0.417. The summed E-state index contributed by atoms with van der Waals surface area (Å²) in [5.41, 5.74) is 6.11. The molecule has 0 aromatic carbocycles. The van der Waals surface area contributed by atoms with Crippen LogP contribution in [0.25, 0.3) is 0 Å². The lowest BCUT2D eigenvalue weighted by molar-refractivity contribution is 0.0786. The van der Waals surface area contributed by atoms with Crippen molar-refractivity contribution in [2.75, 3.05) is 13.1 Å². The van der Waals surface area contributed by atoms with Crippen LogP contribution in [0.5, 0.6) is 0 Å². The average molecular weight is 223 g/mol. The summed E-state index contributed by atoms with van der Waals surface area (Å²) in [6.07, 6.45) is 2.45. The van der Waals surface area contributed by atoms with Gasteiger partial charge in [-0.2, -0.15) is 0 Å². The zero-order valence-corrected chi connectivity index (χ0v) is 9.06. The molecule has 1 amide bonds. The molecule has 2 atom stereocenters. The molecule has 4 nitrogen and oxygen atoms in total. The highest BCUT2D eigenvalue weighted by Gasteiger charge is 2.30. The molecule has 1 saturated heterocycles. The normalized spacial score (nSPS) is 24.8. The minimum atomic E-state index is -0.498. The van der Waals surface area contributed by atoms with Crippen molar-refractivity contribution in [3.8, 4) is 0 Å². The Morgan fingerprint density at radius 3 is 2.88 bits per heavy atom. The van der Waals surface area contributed by atoms with Gasteiger partial charge in [-0.15, -0.1) is 0 Å². The Morgan fingerprint density at radius 1 is 1.56 bits per heavy atom. The third-order valence-corrected chi connectivity index (χ3v) is 2.91. The Bertz CT molecular complexity index is 400. The van der Waals surface area contributed by atoms with Gasteiger partial charge in [0.2, 0.25) is 0 Å². The fourth-order valence-corrected chi connectivity index (χ4v) is 1.87. The third kappa shape index (κ3) is 2.04. The van der Waals surface area contributed by atoms with Crippen LogP contribution in [0.4, 0.5) is 4.39 Å². The van der Waals surface area contributed by atoms with E-state index in [0.29, 0.717) is 13.1 Å². The van der Waals surface area contributed by atoms with E-state index in [2.05, 4.69) is 4.98 Å². The first-order valence-corrected chi connectivity index (χ1v) is 5.23. The first-order chi connectivity index (χ1) is 7.58. The number of halogens is 1. The van der Waals surface area contributed by atoms with Gasteiger partial charge in [0.15, 0.2) is 0 Å². The van der Waals surface area contributed by atoms with Crippen molar-refractivity contribution in [3.63, 3.8) is 0 Å². The van der Waals surface area contributed by atoms with Crippen molar-refractivity contribution in [1.82, 2.24) is 9.88 Å². The molecular formula is C11H14FN3O. The predicted molar refractivity (Wildman–Crippen MR) is 57.2 cm³/mol. The molecule has 1 aliphatic rings. The highest BCUT2D eigenvalue weighted by molar-refractivity contribution is 5.94. The van der Waals surface area contributed by atoms with Gasteiger partial charge in [-0.1, -0.05) is 6.92 Å². The van der Waals surface area contributed by atoms with Crippen LogP contribution in [0, 0.1) is 11.7 Å². The Kier molecular flexibility index (Phi) is 2.87. The number of nitrogens with two attached hydrogens (primary N) is 1. The molecule has 16 heavy (non-hydrogen) atoms. The molecule has 0 saturated carbocycles. The summed E-state index contributed by atoms with van der Waals surface area (Å²) in [5, 5.41) is 0. The van der Waals surface area contributed by atoms with Crippen LogP contribution in [-0.4, -0.2) is 34.9 Å². The van der Waals surface area contributed by atoms with Gasteiger partial charge < -0.3 is 10.6 Å². The average Bonchev–Trinajstić information content (AvgIpc) is 2.58. The van der Waals surface area contributed by atoms with Gasteiger partial charge in [-0.05, 0) is 12.0 Å². The Morgan fingerprint density at radius 2 is 2.31 bits per heavy atom. The SMILES string of the molecule is CC1CN(C(=O)c2cncc(F)c2)CC1N. The minimum Gasteiger partial charge on any atom is -0.337 e. The molecule has 1 fully saturated rings. The number of rotatable bonds is 1. The number of hydrogen-bond acceptors (Lipinski definition) is 3. The van der Waals surface area contributed by atoms with Crippen LogP contribution in [0.1, 0.15) is 17.3 Å². The molecule has 2 rings (SSSR count). The number of aromatic nitrogens is 1. The van der Waals surface area contributed by atoms with E-state index < -0.39 is 5.82 Å². The Labute approximate surface area is 93.3 Å². The van der Waals surface area contributed by atoms with E-state index in [-0.39, 0.29) is 23.4 Å². The summed E-state index contributed by atoms with van der Waals surface area (Å²) in [7, 11) is 0. The number of carbonyl (C=O) groups excluding carboxylic acids is 1. The van der Waals surface area contributed by atoms with Crippen LogP contribution in [-0.2, 0) is 0 Å². The Balaban J connectivity index is 2.14. The van der Waals surface area contributed by atoms with Gasteiger partial charge in [0.25, 0.3) is 5.91 Å².